The van der Waals surface area contributed by atoms with Crippen molar-refractivity contribution in [2.75, 3.05) is 6.61 Å². The fourth-order valence-electron chi connectivity index (χ4n) is 2.83. The Bertz CT molecular complexity index is 731. The molecule has 2 aromatic carbocycles. The monoisotopic (exact) mass is 424 g/mol. The van der Waals surface area contributed by atoms with E-state index in [4.69, 9.17) is 22.1 Å². The SMILES string of the molecule is CCO[C@H](CC([NH-])=O)C(Cc1ccc(Cl)cc1)c1ccc(F)cc1F.[K+].[OH3+]. The van der Waals surface area contributed by atoms with Crippen molar-refractivity contribution in [3.05, 3.63) is 76.0 Å². The van der Waals surface area contributed by atoms with Crippen molar-refractivity contribution in [1.29, 1.82) is 0 Å². The van der Waals surface area contributed by atoms with Crippen LogP contribution < -0.4 is 51.4 Å². The summed E-state index contributed by atoms with van der Waals surface area (Å²) in [5, 5.41) is 0.580. The van der Waals surface area contributed by atoms with Crippen molar-refractivity contribution in [1.82, 2.24) is 0 Å². The average molecular weight is 425 g/mol. The molecule has 0 radical (unpaired) electrons. The van der Waals surface area contributed by atoms with E-state index in [9.17, 15) is 13.6 Å². The number of rotatable bonds is 8. The molecule has 27 heavy (non-hydrogen) atoms. The fourth-order valence-corrected chi connectivity index (χ4v) is 2.96. The second-order valence-corrected chi connectivity index (χ2v) is 6.16. The summed E-state index contributed by atoms with van der Waals surface area (Å²) < 4.78 is 33.3. The van der Waals surface area contributed by atoms with E-state index in [1.807, 2.05) is 12.1 Å². The van der Waals surface area contributed by atoms with Gasteiger partial charge in [-0.05, 0) is 42.7 Å². The predicted molar refractivity (Wildman–Crippen MR) is 98.5 cm³/mol. The smallest absolute Gasteiger partial charge is 0.668 e. The molecule has 1 amide bonds. The summed E-state index contributed by atoms with van der Waals surface area (Å²) in [6, 6.07) is 10.4. The van der Waals surface area contributed by atoms with Gasteiger partial charge >= 0.3 is 51.4 Å². The number of carbonyl (C=O) groups excluding carboxylic acids is 1. The van der Waals surface area contributed by atoms with Crippen LogP contribution in [-0.4, -0.2) is 18.6 Å². The minimum Gasteiger partial charge on any atom is -0.668 e. The maximum atomic E-state index is 14.4. The van der Waals surface area contributed by atoms with Crippen LogP contribution >= 0.6 is 11.6 Å². The number of carbonyl (C=O) groups is 1. The largest absolute Gasteiger partial charge is 1.00 e. The normalized spacial score (nSPS) is 12.4. The third-order valence-corrected chi connectivity index (χ3v) is 4.20. The molecule has 0 aliphatic carbocycles. The van der Waals surface area contributed by atoms with Crippen LogP contribution in [0.25, 0.3) is 5.73 Å². The fraction of sp³-hybridized carbons (Fsp3) is 0.316. The molecule has 0 aliphatic rings. The minimum absolute atomic E-state index is 0. The zero-order valence-corrected chi connectivity index (χ0v) is 19.2. The van der Waals surface area contributed by atoms with Gasteiger partial charge in [0.1, 0.15) is 11.6 Å². The first-order chi connectivity index (χ1) is 11.9. The van der Waals surface area contributed by atoms with E-state index in [-0.39, 0.29) is 68.8 Å². The van der Waals surface area contributed by atoms with Crippen molar-refractivity contribution in [2.45, 2.75) is 31.8 Å². The van der Waals surface area contributed by atoms with Crippen LogP contribution in [-0.2, 0) is 21.4 Å². The number of amides is 1. The van der Waals surface area contributed by atoms with E-state index in [2.05, 4.69) is 0 Å². The van der Waals surface area contributed by atoms with Gasteiger partial charge in [0.25, 0.3) is 0 Å². The van der Waals surface area contributed by atoms with Crippen molar-refractivity contribution < 1.29 is 75.2 Å². The number of benzene rings is 2. The summed E-state index contributed by atoms with van der Waals surface area (Å²) >= 11 is 5.89. The predicted octanol–water partition coefficient (Wildman–Crippen LogP) is 1.40. The molecule has 0 saturated carbocycles. The van der Waals surface area contributed by atoms with Crippen LogP contribution in [0.5, 0.6) is 0 Å². The van der Waals surface area contributed by atoms with Crippen LogP contribution in [0.4, 0.5) is 8.78 Å². The molecular formula is C19H22ClF2KNO3+. The summed E-state index contributed by atoms with van der Waals surface area (Å²) in [6.07, 6.45) is -0.466. The number of nitrogens with one attached hydrogen (secondary N) is 1. The minimum atomic E-state index is -0.790. The number of hydrogen-bond donors (Lipinski definition) is 0. The molecule has 0 spiro atoms. The standard InChI is InChI=1S/C19H20ClF2NO2.K.H2O/c1-2-25-18(11-19(23)24)16(9-12-3-5-13(20)6-4-12)15-8-7-14(21)10-17(15)22;;/h3-8,10,16,18H,2,9,11H2,1H3,(H2,23,24);;1H2/q;+1;/t16?,18-;;/m1../s1. The van der Waals surface area contributed by atoms with Crippen LogP contribution in [0.2, 0.25) is 5.02 Å². The van der Waals surface area contributed by atoms with Gasteiger partial charge in [-0.25, -0.2) is 8.78 Å². The Morgan fingerprint density at radius 2 is 1.81 bits per heavy atom. The van der Waals surface area contributed by atoms with E-state index < -0.39 is 29.6 Å². The van der Waals surface area contributed by atoms with Gasteiger partial charge in [-0.15, -0.1) is 0 Å². The summed E-state index contributed by atoms with van der Waals surface area (Å²) in [5.41, 5.74) is 8.38. The van der Waals surface area contributed by atoms with Crippen LogP contribution in [0, 0.1) is 11.6 Å². The van der Waals surface area contributed by atoms with Gasteiger partial charge < -0.3 is 20.7 Å². The Hall–Kier alpha value is -0.384. The van der Waals surface area contributed by atoms with E-state index in [1.165, 1.54) is 12.1 Å². The quantitative estimate of drug-likeness (QED) is 0.474. The zero-order valence-electron chi connectivity index (χ0n) is 15.3. The molecular weight excluding hydrogens is 403 g/mol. The van der Waals surface area contributed by atoms with E-state index in [0.29, 0.717) is 18.1 Å². The maximum absolute atomic E-state index is 14.4. The van der Waals surface area contributed by atoms with Crippen LogP contribution in [0.1, 0.15) is 30.4 Å². The topological polar surface area (TPSA) is 83.1 Å². The Morgan fingerprint density at radius 1 is 1.19 bits per heavy atom. The molecule has 2 rings (SSSR count). The molecule has 0 aromatic heterocycles. The molecule has 0 bridgehead atoms. The van der Waals surface area contributed by atoms with Crippen LogP contribution in [0.15, 0.2) is 42.5 Å². The molecule has 2 aromatic rings. The summed E-state index contributed by atoms with van der Waals surface area (Å²) in [7, 11) is 0. The summed E-state index contributed by atoms with van der Waals surface area (Å²) in [4.78, 5) is 11.3. The molecule has 4 N–H and O–H groups in total. The summed E-state index contributed by atoms with van der Waals surface area (Å²) in [5.74, 6) is -2.68. The van der Waals surface area contributed by atoms with E-state index in [1.54, 1.807) is 19.1 Å². The molecule has 1 unspecified atom stereocenters. The van der Waals surface area contributed by atoms with Gasteiger partial charge in [0, 0.05) is 30.0 Å². The number of halogens is 3. The Morgan fingerprint density at radius 3 is 2.33 bits per heavy atom. The molecule has 0 heterocycles. The first kappa shape index (κ1) is 26.6. The van der Waals surface area contributed by atoms with Gasteiger partial charge in [0.05, 0.1) is 12.0 Å². The molecule has 142 valence electrons. The first-order valence-corrected chi connectivity index (χ1v) is 8.34. The number of ether oxygens (including phenoxy) is 1. The molecule has 0 aliphatic heterocycles. The second kappa shape index (κ2) is 13.0. The Kier molecular flexibility index (Phi) is 12.8. The van der Waals surface area contributed by atoms with E-state index in [0.717, 1.165) is 11.6 Å². The van der Waals surface area contributed by atoms with Crippen molar-refractivity contribution in [3.63, 3.8) is 0 Å². The maximum Gasteiger partial charge on any atom is 1.00 e. The van der Waals surface area contributed by atoms with Gasteiger partial charge in [-0.2, -0.15) is 0 Å². The third kappa shape index (κ3) is 8.25. The number of hydrogen-bond acceptors (Lipinski definition) is 2. The molecule has 0 saturated heterocycles. The third-order valence-electron chi connectivity index (χ3n) is 3.95. The zero-order chi connectivity index (χ0) is 18.4. The van der Waals surface area contributed by atoms with Gasteiger partial charge in [0.15, 0.2) is 0 Å². The molecule has 0 fully saturated rings. The van der Waals surface area contributed by atoms with Gasteiger partial charge in [0.2, 0.25) is 0 Å². The molecule has 4 nitrogen and oxygen atoms in total. The van der Waals surface area contributed by atoms with Crippen LogP contribution in [0.3, 0.4) is 0 Å². The van der Waals surface area contributed by atoms with Gasteiger partial charge in [-0.3, -0.25) is 0 Å². The molecule has 8 heteroatoms. The summed E-state index contributed by atoms with van der Waals surface area (Å²) in [6.45, 7) is 2.08. The Balaban J connectivity index is 0.00000338. The average Bonchev–Trinajstić information content (AvgIpc) is 2.54. The second-order valence-electron chi connectivity index (χ2n) is 5.72. The van der Waals surface area contributed by atoms with Crippen molar-refractivity contribution in [3.8, 4) is 0 Å². The van der Waals surface area contributed by atoms with E-state index >= 15 is 0 Å². The Labute approximate surface area is 205 Å². The first-order valence-electron chi connectivity index (χ1n) is 7.96. The van der Waals surface area contributed by atoms with Gasteiger partial charge in [-0.1, -0.05) is 29.8 Å². The van der Waals surface area contributed by atoms with Crippen molar-refractivity contribution in [2.24, 2.45) is 0 Å². The van der Waals surface area contributed by atoms with Crippen molar-refractivity contribution >= 4 is 17.5 Å². The molecule has 2 atom stereocenters.